The van der Waals surface area contributed by atoms with Crippen LogP contribution in [0, 0.1) is 0 Å². The van der Waals surface area contributed by atoms with Gasteiger partial charge in [0.2, 0.25) is 17.7 Å². The van der Waals surface area contributed by atoms with E-state index in [1.807, 2.05) is 6.92 Å². The van der Waals surface area contributed by atoms with Gasteiger partial charge in [-0.05, 0) is 53.9 Å². The molecule has 3 amide bonds. The maximum Gasteiger partial charge on any atom is 0.356 e. The summed E-state index contributed by atoms with van der Waals surface area (Å²) in [5, 5.41) is 36.3. The van der Waals surface area contributed by atoms with Crippen molar-refractivity contribution in [2.45, 2.75) is 76.7 Å². The monoisotopic (exact) mass is 773 g/mol. The summed E-state index contributed by atoms with van der Waals surface area (Å²) in [5.74, 6) is -6.00. The van der Waals surface area contributed by atoms with E-state index >= 15 is 0 Å². The van der Waals surface area contributed by atoms with Crippen molar-refractivity contribution in [3.63, 3.8) is 0 Å². The molecule has 16 heteroatoms. The second-order valence-electron chi connectivity index (χ2n) is 11.9. The van der Waals surface area contributed by atoms with Gasteiger partial charge in [0, 0.05) is 41.4 Å². The molecule has 0 radical (unpaired) electrons. The van der Waals surface area contributed by atoms with Gasteiger partial charge in [-0.3, -0.25) is 19.2 Å². The lowest BCUT2D eigenvalue weighted by molar-refractivity contribution is -0.159. The smallest absolute Gasteiger partial charge is 0.356 e. The number of hydrogen-bond acceptors (Lipinski definition) is 8. The number of unbranched alkanes of at least 4 members (excludes halogenated alkanes) is 2. The van der Waals surface area contributed by atoms with E-state index in [-0.39, 0.29) is 31.6 Å². The Labute approximate surface area is 315 Å². The molecule has 0 aliphatic carbocycles. The van der Waals surface area contributed by atoms with E-state index < -0.39 is 60.2 Å². The molecule has 1 unspecified atom stereocenters. The second kappa shape index (κ2) is 21.2. The van der Waals surface area contributed by atoms with Crippen LogP contribution in [0.25, 0.3) is 0 Å². The predicted octanol–water partition coefficient (Wildman–Crippen LogP) is 4.42. The maximum absolute atomic E-state index is 13.8. The number of rotatable bonds is 22. The lowest BCUT2D eigenvalue weighted by Gasteiger charge is -2.24. The van der Waals surface area contributed by atoms with Crippen molar-refractivity contribution < 1.29 is 53.6 Å². The largest absolute Gasteiger partial charge is 0.489 e. The molecule has 0 aliphatic heterocycles. The minimum atomic E-state index is -2.12. The van der Waals surface area contributed by atoms with E-state index in [0.717, 1.165) is 12.8 Å². The molecular weight excluding hydrogens is 733 g/mol. The van der Waals surface area contributed by atoms with Crippen LogP contribution in [-0.2, 0) is 48.2 Å². The van der Waals surface area contributed by atoms with E-state index in [1.165, 1.54) is 24.3 Å². The highest BCUT2D eigenvalue weighted by Gasteiger charge is 2.29. The molecule has 3 aromatic rings. The molecule has 0 fully saturated rings. The maximum atomic E-state index is 13.8. The van der Waals surface area contributed by atoms with Crippen molar-refractivity contribution in [2.24, 2.45) is 0 Å². The standard InChI is InChI=1S/C37H41Cl2N3O11/c1-2-3-4-18-40-34(46)29(19-23-10-14-25(15-11-23)53-33(36(48)49)37(50)51)42-35(47)30(41-31(43)16-17-32(44)45)20-22-8-12-24(13-9-22)52-21-26-27(38)6-5-7-28(26)39/h5-15,29-30,33H,2-4,16-21H2,1H3,(H,40,46)(H,41,43)(H,42,47)(H,44,45)(H,48,49)(H,50,51)/t29-,30?/m0/s1. The van der Waals surface area contributed by atoms with Crippen LogP contribution in [0.1, 0.15) is 55.7 Å². The van der Waals surface area contributed by atoms with Crippen LogP contribution >= 0.6 is 23.2 Å². The van der Waals surface area contributed by atoms with Gasteiger partial charge in [-0.1, -0.05) is 73.3 Å². The number of halogens is 2. The Morgan fingerprint density at radius 1 is 0.698 bits per heavy atom. The molecule has 6 N–H and O–H groups in total. The fraction of sp³-hybridized carbons (Fsp3) is 0.351. The van der Waals surface area contributed by atoms with Gasteiger partial charge in [-0.15, -0.1) is 0 Å². The van der Waals surface area contributed by atoms with Gasteiger partial charge in [0.1, 0.15) is 30.2 Å². The van der Waals surface area contributed by atoms with Crippen LogP contribution in [0.4, 0.5) is 0 Å². The number of ether oxygens (including phenoxy) is 2. The van der Waals surface area contributed by atoms with Crippen LogP contribution in [0.3, 0.4) is 0 Å². The molecule has 0 aromatic heterocycles. The Morgan fingerprint density at radius 2 is 1.25 bits per heavy atom. The quantitative estimate of drug-likeness (QED) is 0.0621. The van der Waals surface area contributed by atoms with E-state index in [4.69, 9.17) is 48.0 Å². The van der Waals surface area contributed by atoms with Gasteiger partial charge in [-0.25, -0.2) is 9.59 Å². The van der Waals surface area contributed by atoms with Gasteiger partial charge < -0.3 is 40.7 Å². The summed E-state index contributed by atoms with van der Waals surface area (Å²) < 4.78 is 10.9. The molecule has 0 saturated heterocycles. The minimum Gasteiger partial charge on any atom is -0.489 e. The summed E-state index contributed by atoms with van der Waals surface area (Å²) in [4.78, 5) is 73.4. The van der Waals surface area contributed by atoms with Crippen molar-refractivity contribution in [3.8, 4) is 11.5 Å². The van der Waals surface area contributed by atoms with Gasteiger partial charge in [0.15, 0.2) is 0 Å². The zero-order valence-electron chi connectivity index (χ0n) is 28.8. The van der Waals surface area contributed by atoms with Crippen molar-refractivity contribution in [3.05, 3.63) is 93.5 Å². The molecule has 53 heavy (non-hydrogen) atoms. The minimum absolute atomic E-state index is 0.0214. The Morgan fingerprint density at radius 3 is 1.77 bits per heavy atom. The van der Waals surface area contributed by atoms with Crippen LogP contribution < -0.4 is 25.4 Å². The average molecular weight is 775 g/mol. The highest BCUT2D eigenvalue weighted by Crippen LogP contribution is 2.26. The van der Waals surface area contributed by atoms with Gasteiger partial charge in [-0.2, -0.15) is 0 Å². The number of carboxylic acid groups (broad SMARTS) is 3. The molecular formula is C37H41Cl2N3O11. The number of amides is 3. The van der Waals surface area contributed by atoms with Gasteiger partial charge in [0.25, 0.3) is 6.10 Å². The first-order valence-corrected chi connectivity index (χ1v) is 17.5. The first kappa shape index (κ1) is 42.1. The number of aliphatic carboxylic acids is 3. The molecule has 2 atom stereocenters. The lowest BCUT2D eigenvalue weighted by Crippen LogP contribution is -2.55. The predicted molar refractivity (Wildman–Crippen MR) is 194 cm³/mol. The number of carbonyl (C=O) groups is 6. The Hall–Kier alpha value is -5.34. The normalized spacial score (nSPS) is 11.9. The molecule has 0 saturated carbocycles. The molecule has 3 rings (SSSR count). The zero-order valence-corrected chi connectivity index (χ0v) is 30.3. The molecule has 0 heterocycles. The fourth-order valence-corrected chi connectivity index (χ4v) is 5.46. The highest BCUT2D eigenvalue weighted by molar-refractivity contribution is 6.35. The Balaban J connectivity index is 1.80. The van der Waals surface area contributed by atoms with Crippen molar-refractivity contribution in [1.29, 1.82) is 0 Å². The molecule has 0 spiro atoms. The Kier molecular flexibility index (Phi) is 16.9. The zero-order chi connectivity index (χ0) is 38.9. The summed E-state index contributed by atoms with van der Waals surface area (Å²) in [6, 6.07) is 15.1. The summed E-state index contributed by atoms with van der Waals surface area (Å²) >= 11 is 12.5. The second-order valence-corrected chi connectivity index (χ2v) is 12.7. The number of hydrogen-bond donors (Lipinski definition) is 6. The molecule has 0 aliphatic rings. The molecule has 14 nitrogen and oxygen atoms in total. The van der Waals surface area contributed by atoms with E-state index in [2.05, 4.69) is 16.0 Å². The number of carbonyl (C=O) groups excluding carboxylic acids is 3. The topological polar surface area (TPSA) is 218 Å². The van der Waals surface area contributed by atoms with Gasteiger partial charge >= 0.3 is 17.9 Å². The first-order chi connectivity index (χ1) is 25.3. The highest BCUT2D eigenvalue weighted by atomic mass is 35.5. The summed E-state index contributed by atoms with van der Waals surface area (Å²) in [6.45, 7) is 2.46. The van der Waals surface area contributed by atoms with E-state index in [9.17, 15) is 28.8 Å². The average Bonchev–Trinajstić information content (AvgIpc) is 3.11. The summed E-state index contributed by atoms with van der Waals surface area (Å²) in [6.07, 6.45) is -0.520. The van der Waals surface area contributed by atoms with Crippen LogP contribution in [0.15, 0.2) is 66.7 Å². The van der Waals surface area contributed by atoms with E-state index in [1.54, 1.807) is 42.5 Å². The summed E-state index contributed by atoms with van der Waals surface area (Å²) in [5.41, 5.74) is 1.74. The third-order valence-corrected chi connectivity index (χ3v) is 8.51. The first-order valence-electron chi connectivity index (χ1n) is 16.7. The van der Waals surface area contributed by atoms with Gasteiger partial charge in [0.05, 0.1) is 6.42 Å². The molecule has 0 bridgehead atoms. The molecule has 3 aromatic carbocycles. The number of benzene rings is 3. The van der Waals surface area contributed by atoms with Crippen LogP contribution in [0.2, 0.25) is 10.0 Å². The number of carboxylic acids is 3. The fourth-order valence-electron chi connectivity index (χ4n) is 4.95. The SMILES string of the molecule is CCCCCNC(=O)[C@H](Cc1ccc(OC(C(=O)O)C(=O)O)cc1)NC(=O)C(Cc1ccc(OCc2c(Cl)cccc2Cl)cc1)NC(=O)CCC(=O)O. The van der Waals surface area contributed by atoms with Crippen molar-refractivity contribution in [1.82, 2.24) is 16.0 Å². The third-order valence-electron chi connectivity index (χ3n) is 7.80. The summed E-state index contributed by atoms with van der Waals surface area (Å²) in [7, 11) is 0. The Bertz CT molecular complexity index is 1700. The lowest BCUT2D eigenvalue weighted by atomic mass is 10.0. The van der Waals surface area contributed by atoms with Crippen LogP contribution in [0.5, 0.6) is 11.5 Å². The third kappa shape index (κ3) is 14.3. The van der Waals surface area contributed by atoms with Crippen molar-refractivity contribution in [2.75, 3.05) is 6.54 Å². The molecule has 284 valence electrons. The number of nitrogens with one attached hydrogen (secondary N) is 3. The van der Waals surface area contributed by atoms with Crippen LogP contribution in [-0.4, -0.2) is 75.7 Å². The van der Waals surface area contributed by atoms with E-state index in [0.29, 0.717) is 45.5 Å². The van der Waals surface area contributed by atoms with Crippen molar-refractivity contribution >= 4 is 58.8 Å².